The fourth-order valence-corrected chi connectivity index (χ4v) is 3.32. The van der Waals surface area contributed by atoms with Gasteiger partial charge in [0.2, 0.25) is 0 Å². The summed E-state index contributed by atoms with van der Waals surface area (Å²) >= 11 is 0. The Morgan fingerprint density at radius 1 is 1.14 bits per heavy atom. The van der Waals surface area contributed by atoms with Crippen LogP contribution in [0.3, 0.4) is 0 Å². The van der Waals surface area contributed by atoms with E-state index in [1.165, 1.54) is 12.1 Å². The molecule has 8 heteroatoms. The first-order chi connectivity index (χ1) is 13.3. The number of hydrogen-bond donors (Lipinski definition) is 1. The van der Waals surface area contributed by atoms with E-state index in [0.717, 1.165) is 30.8 Å². The molecule has 5 nitrogen and oxygen atoms in total. The summed E-state index contributed by atoms with van der Waals surface area (Å²) in [5, 5.41) is 3.14. The average Bonchev–Trinajstić information content (AvgIpc) is 3.14. The second-order valence-electron chi connectivity index (χ2n) is 6.70. The molecule has 0 radical (unpaired) electrons. The Labute approximate surface area is 157 Å². The minimum absolute atomic E-state index is 0.0925. The first-order valence-electron chi connectivity index (χ1n) is 8.81. The van der Waals surface area contributed by atoms with E-state index >= 15 is 0 Å². The molecule has 1 aromatic heterocycles. The fraction of sp³-hybridized carbons (Fsp3) is 0.250. The molecular weight excluding hydrogens is 371 g/mol. The molecule has 2 heterocycles. The van der Waals surface area contributed by atoms with Gasteiger partial charge in [0.1, 0.15) is 5.82 Å². The van der Waals surface area contributed by atoms with E-state index in [9.17, 15) is 22.8 Å². The molecule has 0 atom stereocenters. The number of amides is 1. The smallest absolute Gasteiger partial charge is 0.348 e. The molecule has 0 saturated carbocycles. The summed E-state index contributed by atoms with van der Waals surface area (Å²) in [5.74, 6) is 0.337. The molecule has 0 saturated heterocycles. The van der Waals surface area contributed by atoms with Crippen molar-refractivity contribution in [3.05, 3.63) is 75.3 Å². The molecule has 28 heavy (non-hydrogen) atoms. The molecule has 4 rings (SSSR count). The fourth-order valence-electron chi connectivity index (χ4n) is 3.32. The number of fused-ring (bicyclic) bond motifs is 2. The summed E-state index contributed by atoms with van der Waals surface area (Å²) in [6.07, 6.45) is -2.78. The lowest BCUT2D eigenvalue weighted by Crippen LogP contribution is -2.24. The monoisotopic (exact) mass is 387 g/mol. The van der Waals surface area contributed by atoms with Crippen LogP contribution in [0.15, 0.2) is 47.3 Å². The molecule has 0 unspecified atom stereocenters. The van der Waals surface area contributed by atoms with Gasteiger partial charge in [0.05, 0.1) is 16.5 Å². The average molecular weight is 387 g/mol. The number of aromatic nitrogens is 2. The second-order valence-corrected chi connectivity index (χ2v) is 6.70. The summed E-state index contributed by atoms with van der Waals surface area (Å²) in [6, 6.07) is 9.33. The molecule has 2 aromatic carbocycles. The third kappa shape index (κ3) is 3.37. The molecule has 0 aliphatic carbocycles. The number of nitrogens with one attached hydrogen (secondary N) is 1. The van der Waals surface area contributed by atoms with E-state index in [1.54, 1.807) is 22.8 Å². The van der Waals surface area contributed by atoms with Gasteiger partial charge in [0.25, 0.3) is 11.5 Å². The van der Waals surface area contributed by atoms with Crippen molar-refractivity contribution in [1.82, 2.24) is 14.9 Å². The number of benzene rings is 2. The molecule has 1 aliphatic rings. The van der Waals surface area contributed by atoms with E-state index in [2.05, 4.69) is 10.3 Å². The third-order valence-electron chi connectivity index (χ3n) is 4.81. The van der Waals surface area contributed by atoms with Crippen LogP contribution in [-0.4, -0.2) is 15.5 Å². The van der Waals surface area contributed by atoms with Crippen LogP contribution in [0, 0.1) is 0 Å². The van der Waals surface area contributed by atoms with Gasteiger partial charge in [0, 0.05) is 25.1 Å². The Bertz CT molecular complexity index is 1120. The van der Waals surface area contributed by atoms with Crippen LogP contribution in [0.4, 0.5) is 13.2 Å². The van der Waals surface area contributed by atoms with Gasteiger partial charge in [-0.2, -0.15) is 13.2 Å². The van der Waals surface area contributed by atoms with Crippen molar-refractivity contribution in [2.45, 2.75) is 32.1 Å². The van der Waals surface area contributed by atoms with Crippen molar-refractivity contribution in [3.63, 3.8) is 0 Å². The van der Waals surface area contributed by atoms with E-state index in [1.807, 2.05) is 0 Å². The second kappa shape index (κ2) is 6.78. The molecular formula is C20H16F3N3O2. The van der Waals surface area contributed by atoms with Gasteiger partial charge in [-0.15, -0.1) is 0 Å². The zero-order valence-corrected chi connectivity index (χ0v) is 14.7. The molecule has 3 aromatic rings. The van der Waals surface area contributed by atoms with Gasteiger partial charge < -0.3 is 5.32 Å². The molecule has 0 bridgehead atoms. The molecule has 1 amide bonds. The summed E-state index contributed by atoms with van der Waals surface area (Å²) in [5.41, 5.74) is 0.530. The Morgan fingerprint density at radius 2 is 1.89 bits per heavy atom. The Kier molecular flexibility index (Phi) is 4.41. The number of hydrogen-bond acceptors (Lipinski definition) is 3. The number of halogens is 3. The number of carbonyl (C=O) groups is 1. The lowest BCUT2D eigenvalue weighted by Gasteiger charge is -2.09. The zero-order chi connectivity index (χ0) is 19.9. The molecule has 1 aliphatic heterocycles. The highest BCUT2D eigenvalue weighted by Gasteiger charge is 2.29. The lowest BCUT2D eigenvalue weighted by molar-refractivity contribution is -0.137. The third-order valence-corrected chi connectivity index (χ3v) is 4.81. The maximum absolute atomic E-state index is 12.6. The van der Waals surface area contributed by atoms with Crippen molar-refractivity contribution >= 4 is 16.8 Å². The highest BCUT2D eigenvalue weighted by atomic mass is 19.4. The SMILES string of the molecule is O=C(NCc1ccc(C(F)(F)F)cc1)c1ccc2c(=O)n3c(nc2c1)CCC3. The summed E-state index contributed by atoms with van der Waals surface area (Å²) in [7, 11) is 0. The van der Waals surface area contributed by atoms with Crippen LogP contribution in [-0.2, 0) is 25.7 Å². The van der Waals surface area contributed by atoms with Crippen LogP contribution in [0.2, 0.25) is 0 Å². The highest BCUT2D eigenvalue weighted by Crippen LogP contribution is 2.29. The van der Waals surface area contributed by atoms with Gasteiger partial charge >= 0.3 is 6.18 Å². The Morgan fingerprint density at radius 3 is 2.61 bits per heavy atom. The first-order valence-corrected chi connectivity index (χ1v) is 8.81. The molecule has 0 spiro atoms. The van der Waals surface area contributed by atoms with Gasteiger partial charge in [-0.3, -0.25) is 14.2 Å². The van der Waals surface area contributed by atoms with Crippen LogP contribution in [0.1, 0.15) is 33.7 Å². The standard InChI is InChI=1S/C20H16F3N3O2/c21-20(22,23)14-6-3-12(4-7-14)11-24-18(27)13-5-8-15-16(10-13)25-17-2-1-9-26(17)19(15)28/h3-8,10H,1-2,9,11H2,(H,24,27). The lowest BCUT2D eigenvalue weighted by atomic mass is 10.1. The summed E-state index contributed by atoms with van der Waals surface area (Å²) < 4.78 is 39.4. The summed E-state index contributed by atoms with van der Waals surface area (Å²) in [4.78, 5) is 29.3. The van der Waals surface area contributed by atoms with Crippen LogP contribution in [0.5, 0.6) is 0 Å². The van der Waals surface area contributed by atoms with Crippen molar-refractivity contribution in [1.29, 1.82) is 0 Å². The number of alkyl halides is 3. The van der Waals surface area contributed by atoms with E-state index in [-0.39, 0.29) is 18.0 Å². The number of rotatable bonds is 3. The number of nitrogens with zero attached hydrogens (tertiary/aromatic N) is 2. The van der Waals surface area contributed by atoms with E-state index < -0.39 is 11.7 Å². The normalized spacial score (nSPS) is 13.5. The quantitative estimate of drug-likeness (QED) is 0.750. The molecule has 0 fully saturated rings. The van der Waals surface area contributed by atoms with Gasteiger partial charge in [0.15, 0.2) is 0 Å². The van der Waals surface area contributed by atoms with E-state index in [0.29, 0.717) is 28.6 Å². The molecule has 1 N–H and O–H groups in total. The maximum Gasteiger partial charge on any atom is 0.416 e. The zero-order valence-electron chi connectivity index (χ0n) is 14.7. The topological polar surface area (TPSA) is 64.0 Å². The van der Waals surface area contributed by atoms with Crippen molar-refractivity contribution in [3.8, 4) is 0 Å². The summed E-state index contributed by atoms with van der Waals surface area (Å²) in [6.45, 7) is 0.752. The predicted molar refractivity (Wildman–Crippen MR) is 96.9 cm³/mol. The van der Waals surface area contributed by atoms with Gasteiger partial charge in [-0.1, -0.05) is 12.1 Å². The minimum Gasteiger partial charge on any atom is -0.348 e. The van der Waals surface area contributed by atoms with Crippen LogP contribution < -0.4 is 10.9 Å². The first kappa shape index (κ1) is 18.2. The van der Waals surface area contributed by atoms with E-state index in [4.69, 9.17) is 0 Å². The molecule has 144 valence electrons. The Balaban J connectivity index is 1.51. The van der Waals surface area contributed by atoms with Gasteiger partial charge in [-0.05, 0) is 42.3 Å². The van der Waals surface area contributed by atoms with Gasteiger partial charge in [-0.25, -0.2) is 4.98 Å². The number of aryl methyl sites for hydroxylation is 1. The van der Waals surface area contributed by atoms with Crippen molar-refractivity contribution < 1.29 is 18.0 Å². The highest BCUT2D eigenvalue weighted by molar-refractivity contribution is 5.97. The van der Waals surface area contributed by atoms with Crippen molar-refractivity contribution in [2.24, 2.45) is 0 Å². The Hall–Kier alpha value is -3.16. The maximum atomic E-state index is 12.6. The predicted octanol–water partition coefficient (Wildman–Crippen LogP) is 3.29. The van der Waals surface area contributed by atoms with Crippen molar-refractivity contribution in [2.75, 3.05) is 0 Å². The van der Waals surface area contributed by atoms with Crippen LogP contribution in [0.25, 0.3) is 10.9 Å². The minimum atomic E-state index is -4.39. The van der Waals surface area contributed by atoms with Crippen LogP contribution >= 0.6 is 0 Å². The number of carbonyl (C=O) groups excluding carboxylic acids is 1. The largest absolute Gasteiger partial charge is 0.416 e.